The number of hydrogen-bond donors (Lipinski definition) is 1. The van der Waals surface area contributed by atoms with Crippen LogP contribution in [0.5, 0.6) is 0 Å². The molecule has 0 unspecified atom stereocenters. The molecule has 0 fully saturated rings. The second-order valence-electron chi connectivity index (χ2n) is 5.04. The van der Waals surface area contributed by atoms with Crippen LogP contribution >= 0.6 is 0 Å². The summed E-state index contributed by atoms with van der Waals surface area (Å²) in [7, 11) is 0. The normalized spacial score (nSPS) is 11.4. The molecule has 3 aromatic rings. The van der Waals surface area contributed by atoms with Crippen molar-refractivity contribution in [1.82, 2.24) is 19.9 Å². The van der Waals surface area contributed by atoms with Crippen molar-refractivity contribution in [3.63, 3.8) is 0 Å². The van der Waals surface area contributed by atoms with Gasteiger partial charge in [0, 0.05) is 24.2 Å². The molecular weight excluding hydrogens is 288 g/mol. The van der Waals surface area contributed by atoms with Crippen molar-refractivity contribution in [2.45, 2.75) is 12.8 Å². The van der Waals surface area contributed by atoms with Crippen molar-refractivity contribution in [2.75, 3.05) is 0 Å². The SMILES string of the molecule is O/C(=C/c1cc(CCc2ccccc2)ncn1)c1cnccn1. The zero-order valence-corrected chi connectivity index (χ0v) is 12.5. The molecule has 1 N–H and O–H groups in total. The van der Waals surface area contributed by atoms with E-state index in [9.17, 15) is 5.11 Å². The van der Waals surface area contributed by atoms with Crippen LogP contribution in [0.2, 0.25) is 0 Å². The van der Waals surface area contributed by atoms with E-state index in [4.69, 9.17) is 0 Å². The molecule has 0 aliphatic heterocycles. The fourth-order valence-corrected chi connectivity index (χ4v) is 2.19. The summed E-state index contributed by atoms with van der Waals surface area (Å²) in [5.74, 6) is 0.0332. The van der Waals surface area contributed by atoms with Crippen molar-refractivity contribution in [1.29, 1.82) is 0 Å². The van der Waals surface area contributed by atoms with Crippen molar-refractivity contribution in [3.8, 4) is 0 Å². The molecule has 0 aliphatic rings. The molecule has 0 amide bonds. The van der Waals surface area contributed by atoms with Crippen LogP contribution in [0.15, 0.2) is 61.3 Å². The van der Waals surface area contributed by atoms with Crippen molar-refractivity contribution >= 4 is 11.8 Å². The quantitative estimate of drug-likeness (QED) is 0.733. The van der Waals surface area contributed by atoms with Crippen molar-refractivity contribution in [2.24, 2.45) is 0 Å². The number of benzene rings is 1. The fourth-order valence-electron chi connectivity index (χ4n) is 2.19. The van der Waals surface area contributed by atoms with Gasteiger partial charge >= 0.3 is 0 Å². The minimum absolute atomic E-state index is 0.0332. The highest BCUT2D eigenvalue weighted by molar-refractivity contribution is 5.72. The van der Waals surface area contributed by atoms with Gasteiger partial charge in [0.2, 0.25) is 0 Å². The third kappa shape index (κ3) is 4.20. The minimum Gasteiger partial charge on any atom is -0.506 e. The number of nitrogens with zero attached hydrogens (tertiary/aromatic N) is 4. The molecule has 23 heavy (non-hydrogen) atoms. The number of aliphatic hydroxyl groups excluding tert-OH is 1. The number of aromatic nitrogens is 4. The van der Waals surface area contributed by atoms with E-state index in [1.807, 2.05) is 24.3 Å². The Labute approximate surface area is 134 Å². The third-order valence-corrected chi connectivity index (χ3v) is 3.37. The van der Waals surface area contributed by atoms with E-state index in [2.05, 4.69) is 32.1 Å². The first-order valence-electron chi connectivity index (χ1n) is 7.33. The van der Waals surface area contributed by atoms with Gasteiger partial charge in [-0.3, -0.25) is 4.98 Å². The van der Waals surface area contributed by atoms with Gasteiger partial charge in [-0.1, -0.05) is 30.3 Å². The number of hydrogen-bond acceptors (Lipinski definition) is 5. The number of rotatable bonds is 5. The zero-order valence-electron chi connectivity index (χ0n) is 12.5. The van der Waals surface area contributed by atoms with Crippen LogP contribution in [0.1, 0.15) is 22.6 Å². The van der Waals surface area contributed by atoms with E-state index in [1.54, 1.807) is 12.3 Å². The summed E-state index contributed by atoms with van der Waals surface area (Å²) in [6.45, 7) is 0. The van der Waals surface area contributed by atoms with Crippen LogP contribution in [0.4, 0.5) is 0 Å². The first-order valence-corrected chi connectivity index (χ1v) is 7.33. The van der Waals surface area contributed by atoms with E-state index in [-0.39, 0.29) is 5.76 Å². The smallest absolute Gasteiger partial charge is 0.144 e. The monoisotopic (exact) mass is 304 g/mol. The third-order valence-electron chi connectivity index (χ3n) is 3.37. The van der Waals surface area contributed by atoms with Crippen LogP contribution < -0.4 is 0 Å². The Morgan fingerprint density at radius 2 is 1.87 bits per heavy atom. The van der Waals surface area contributed by atoms with Gasteiger partial charge in [-0.2, -0.15) is 0 Å². The average molecular weight is 304 g/mol. The molecule has 0 saturated heterocycles. The molecule has 5 heteroatoms. The van der Waals surface area contributed by atoms with E-state index >= 15 is 0 Å². The Bertz CT molecular complexity index is 788. The molecule has 3 rings (SSSR count). The van der Waals surface area contributed by atoms with E-state index in [0.29, 0.717) is 11.4 Å². The van der Waals surface area contributed by atoms with Crippen LogP contribution in [0.3, 0.4) is 0 Å². The highest BCUT2D eigenvalue weighted by Crippen LogP contribution is 2.12. The molecule has 0 saturated carbocycles. The predicted molar refractivity (Wildman–Crippen MR) is 88.4 cm³/mol. The second-order valence-corrected chi connectivity index (χ2v) is 5.04. The summed E-state index contributed by atoms with van der Waals surface area (Å²) in [6.07, 6.45) is 9.40. The highest BCUT2D eigenvalue weighted by atomic mass is 16.3. The summed E-state index contributed by atoms with van der Waals surface area (Å²) in [6, 6.07) is 12.1. The first-order chi connectivity index (χ1) is 11.3. The van der Waals surface area contributed by atoms with Gasteiger partial charge in [-0.15, -0.1) is 0 Å². The minimum atomic E-state index is 0.0332. The maximum Gasteiger partial charge on any atom is 0.144 e. The first kappa shape index (κ1) is 14.8. The average Bonchev–Trinajstić information content (AvgIpc) is 2.62. The molecule has 0 spiro atoms. The van der Waals surface area contributed by atoms with Gasteiger partial charge in [0.1, 0.15) is 17.8 Å². The molecule has 0 bridgehead atoms. The van der Waals surface area contributed by atoms with Gasteiger partial charge in [-0.05, 0) is 24.5 Å². The van der Waals surface area contributed by atoms with Gasteiger partial charge < -0.3 is 5.11 Å². The molecule has 0 radical (unpaired) electrons. The number of aryl methyl sites for hydroxylation is 2. The second kappa shape index (κ2) is 7.26. The molecule has 1 aromatic carbocycles. The van der Waals surface area contributed by atoms with Crippen molar-refractivity contribution < 1.29 is 5.11 Å². The van der Waals surface area contributed by atoms with E-state index < -0.39 is 0 Å². The summed E-state index contributed by atoms with van der Waals surface area (Å²) in [5.41, 5.74) is 3.26. The Balaban J connectivity index is 1.72. The largest absolute Gasteiger partial charge is 0.506 e. The maximum atomic E-state index is 10.1. The summed E-state index contributed by atoms with van der Waals surface area (Å²) >= 11 is 0. The van der Waals surface area contributed by atoms with Crippen LogP contribution in [-0.2, 0) is 12.8 Å². The molecule has 5 nitrogen and oxygen atoms in total. The Morgan fingerprint density at radius 3 is 2.65 bits per heavy atom. The van der Waals surface area contributed by atoms with E-state index in [1.165, 1.54) is 24.3 Å². The zero-order chi connectivity index (χ0) is 15.9. The Morgan fingerprint density at radius 1 is 1.00 bits per heavy atom. The summed E-state index contributed by atoms with van der Waals surface area (Å²) < 4.78 is 0. The predicted octanol–water partition coefficient (Wildman–Crippen LogP) is 3.11. The Hall–Kier alpha value is -3.08. The fraction of sp³-hybridized carbons (Fsp3) is 0.111. The lowest BCUT2D eigenvalue weighted by Gasteiger charge is -2.03. The molecule has 2 heterocycles. The van der Waals surface area contributed by atoms with Crippen LogP contribution in [0, 0.1) is 0 Å². The van der Waals surface area contributed by atoms with Gasteiger partial charge in [0.25, 0.3) is 0 Å². The van der Waals surface area contributed by atoms with Gasteiger partial charge in [-0.25, -0.2) is 15.0 Å². The number of aliphatic hydroxyl groups is 1. The van der Waals surface area contributed by atoms with Gasteiger partial charge in [0.15, 0.2) is 0 Å². The highest BCUT2D eigenvalue weighted by Gasteiger charge is 2.03. The molecule has 0 aliphatic carbocycles. The molecular formula is C18H16N4O. The van der Waals surface area contributed by atoms with Gasteiger partial charge in [0.05, 0.1) is 11.9 Å². The summed E-state index contributed by atoms with van der Waals surface area (Å²) in [4.78, 5) is 16.4. The Kier molecular flexibility index (Phi) is 4.69. The standard InChI is InChI=1S/C18H16N4O/c23-18(17-12-19-8-9-20-17)11-16-10-15(21-13-22-16)7-6-14-4-2-1-3-5-14/h1-5,8-13,23H,6-7H2/b18-11+. The van der Waals surface area contributed by atoms with Crippen LogP contribution in [0.25, 0.3) is 11.8 Å². The van der Waals surface area contributed by atoms with E-state index in [0.717, 1.165) is 18.5 Å². The van der Waals surface area contributed by atoms with Crippen molar-refractivity contribution in [3.05, 3.63) is 84.0 Å². The summed E-state index contributed by atoms with van der Waals surface area (Å²) in [5, 5.41) is 10.1. The maximum absolute atomic E-state index is 10.1. The van der Waals surface area contributed by atoms with Crippen LogP contribution in [-0.4, -0.2) is 25.0 Å². The molecule has 2 aromatic heterocycles. The lowest BCUT2D eigenvalue weighted by Crippen LogP contribution is -1.97. The topological polar surface area (TPSA) is 71.8 Å². The molecule has 114 valence electrons. The molecule has 0 atom stereocenters. The lowest BCUT2D eigenvalue weighted by molar-refractivity contribution is 0.511. The lowest BCUT2D eigenvalue weighted by atomic mass is 10.1.